The quantitative estimate of drug-likeness (QED) is 0.835. The van der Waals surface area contributed by atoms with Crippen molar-refractivity contribution in [3.63, 3.8) is 0 Å². The van der Waals surface area contributed by atoms with Crippen LogP contribution in [0.4, 0.5) is 0 Å². The third kappa shape index (κ3) is 2.80. The number of carbonyl (C=O) groups excluding carboxylic acids is 1. The number of ether oxygens (including phenoxy) is 1. The molecule has 1 aromatic rings. The molecular weight excluding hydrogens is 242 g/mol. The van der Waals surface area contributed by atoms with Gasteiger partial charge in [-0.05, 0) is 25.5 Å². The van der Waals surface area contributed by atoms with Crippen LogP contribution in [0.5, 0.6) is 0 Å². The smallest absolute Gasteiger partial charge is 0.315 e. The summed E-state index contributed by atoms with van der Waals surface area (Å²) in [7, 11) is 1.38. The molecule has 0 saturated carbocycles. The second kappa shape index (κ2) is 5.72. The highest BCUT2D eigenvalue weighted by Crippen LogP contribution is 2.36. The lowest BCUT2D eigenvalue weighted by atomic mass is 9.82. The minimum absolute atomic E-state index is 0.307. The second-order valence-corrected chi connectivity index (χ2v) is 5.27. The summed E-state index contributed by atoms with van der Waals surface area (Å²) in [4.78, 5) is 14.2. The fourth-order valence-electron chi connectivity index (χ4n) is 2.77. The van der Waals surface area contributed by atoms with Crippen LogP contribution >= 0.6 is 0 Å². The zero-order valence-corrected chi connectivity index (χ0v) is 11.5. The number of benzene rings is 1. The zero-order chi connectivity index (χ0) is 13.9. The average Bonchev–Trinajstić information content (AvgIpc) is 2.84. The minimum atomic E-state index is -0.774. The molecule has 1 fully saturated rings. The lowest BCUT2D eigenvalue weighted by Crippen LogP contribution is -2.44. The van der Waals surface area contributed by atoms with Gasteiger partial charge in [-0.15, -0.1) is 0 Å². The summed E-state index contributed by atoms with van der Waals surface area (Å²) in [5.41, 5.74) is 0.442. The van der Waals surface area contributed by atoms with E-state index in [1.807, 2.05) is 18.2 Å². The Morgan fingerprint density at radius 3 is 2.74 bits per heavy atom. The van der Waals surface area contributed by atoms with Gasteiger partial charge in [-0.25, -0.2) is 0 Å². The highest BCUT2D eigenvalue weighted by atomic mass is 16.5. The zero-order valence-electron chi connectivity index (χ0n) is 11.5. The molecule has 0 aliphatic carbocycles. The number of aliphatic hydroxyl groups excluding tert-OH is 1. The monoisotopic (exact) mass is 263 g/mol. The lowest BCUT2D eigenvalue weighted by Gasteiger charge is -2.29. The second-order valence-electron chi connectivity index (χ2n) is 5.27. The molecule has 0 bridgehead atoms. The van der Waals surface area contributed by atoms with Crippen LogP contribution in [0, 0.1) is 5.41 Å². The van der Waals surface area contributed by atoms with Crippen molar-refractivity contribution in [3.05, 3.63) is 35.9 Å². The Morgan fingerprint density at radius 1 is 1.47 bits per heavy atom. The molecule has 1 aromatic carbocycles. The van der Waals surface area contributed by atoms with Crippen LogP contribution < -0.4 is 0 Å². The van der Waals surface area contributed by atoms with Gasteiger partial charge in [-0.2, -0.15) is 0 Å². The van der Waals surface area contributed by atoms with E-state index in [1.54, 1.807) is 6.92 Å². The van der Waals surface area contributed by atoms with E-state index in [1.165, 1.54) is 12.7 Å². The van der Waals surface area contributed by atoms with Gasteiger partial charge in [0.2, 0.25) is 0 Å². The molecule has 4 nitrogen and oxygen atoms in total. The van der Waals surface area contributed by atoms with Crippen molar-refractivity contribution in [3.8, 4) is 0 Å². The largest absolute Gasteiger partial charge is 0.468 e. The van der Waals surface area contributed by atoms with Crippen molar-refractivity contribution in [2.24, 2.45) is 5.41 Å². The van der Waals surface area contributed by atoms with Gasteiger partial charge in [0, 0.05) is 13.1 Å². The van der Waals surface area contributed by atoms with Crippen LogP contribution in [0.3, 0.4) is 0 Å². The predicted molar refractivity (Wildman–Crippen MR) is 72.5 cm³/mol. The van der Waals surface area contributed by atoms with Crippen LogP contribution in [-0.2, 0) is 16.1 Å². The first kappa shape index (κ1) is 14.0. The number of hydrogen-bond donors (Lipinski definition) is 1. The maximum atomic E-state index is 12.0. The molecule has 1 aliphatic rings. The number of methoxy groups -OCH3 is 1. The Kier molecular flexibility index (Phi) is 4.22. The van der Waals surface area contributed by atoms with E-state index in [0.29, 0.717) is 13.0 Å². The summed E-state index contributed by atoms with van der Waals surface area (Å²) in [6.45, 7) is 3.82. The lowest BCUT2D eigenvalue weighted by molar-refractivity contribution is -0.158. The van der Waals surface area contributed by atoms with Crippen molar-refractivity contribution in [1.29, 1.82) is 0 Å². The molecule has 104 valence electrons. The van der Waals surface area contributed by atoms with Crippen LogP contribution in [0.25, 0.3) is 0 Å². The average molecular weight is 263 g/mol. The third-order valence-corrected chi connectivity index (χ3v) is 4.02. The number of rotatable bonds is 4. The van der Waals surface area contributed by atoms with Crippen molar-refractivity contribution in [2.45, 2.75) is 26.0 Å². The molecule has 1 aliphatic heterocycles. The number of carbonyl (C=O) groups is 1. The van der Waals surface area contributed by atoms with Crippen LogP contribution in [-0.4, -0.2) is 42.3 Å². The molecule has 1 N–H and O–H groups in total. The maximum Gasteiger partial charge on any atom is 0.315 e. The molecule has 0 spiro atoms. The van der Waals surface area contributed by atoms with E-state index in [2.05, 4.69) is 17.0 Å². The topological polar surface area (TPSA) is 49.8 Å². The SMILES string of the molecule is COC(=O)C1(C(C)O)CCN(Cc2ccccc2)C1. The first-order chi connectivity index (χ1) is 9.08. The highest BCUT2D eigenvalue weighted by Gasteiger charge is 2.49. The summed E-state index contributed by atoms with van der Waals surface area (Å²) in [6, 6.07) is 10.1. The van der Waals surface area contributed by atoms with Gasteiger partial charge in [0.25, 0.3) is 0 Å². The van der Waals surface area contributed by atoms with Gasteiger partial charge < -0.3 is 9.84 Å². The van der Waals surface area contributed by atoms with Gasteiger partial charge >= 0.3 is 5.97 Å². The summed E-state index contributed by atoms with van der Waals surface area (Å²) >= 11 is 0. The minimum Gasteiger partial charge on any atom is -0.468 e. The molecule has 0 radical (unpaired) electrons. The Balaban J connectivity index is 2.07. The number of hydrogen-bond acceptors (Lipinski definition) is 4. The Morgan fingerprint density at radius 2 is 2.16 bits per heavy atom. The number of nitrogens with zero attached hydrogens (tertiary/aromatic N) is 1. The molecule has 2 atom stereocenters. The molecule has 19 heavy (non-hydrogen) atoms. The van der Waals surface area contributed by atoms with Gasteiger partial charge in [-0.3, -0.25) is 9.69 Å². The molecule has 1 heterocycles. The summed E-state index contributed by atoms with van der Waals surface area (Å²) in [5.74, 6) is -0.307. The molecular formula is C15H21NO3. The number of esters is 1. The van der Waals surface area contributed by atoms with Crippen molar-refractivity contribution in [1.82, 2.24) is 4.90 Å². The molecule has 4 heteroatoms. The van der Waals surface area contributed by atoms with Gasteiger partial charge in [0.05, 0.1) is 13.2 Å². The van der Waals surface area contributed by atoms with E-state index >= 15 is 0 Å². The Labute approximate surface area is 114 Å². The molecule has 0 amide bonds. The molecule has 0 aromatic heterocycles. The van der Waals surface area contributed by atoms with Crippen LogP contribution in [0.15, 0.2) is 30.3 Å². The fraction of sp³-hybridized carbons (Fsp3) is 0.533. The van der Waals surface area contributed by atoms with E-state index in [4.69, 9.17) is 4.74 Å². The van der Waals surface area contributed by atoms with Crippen molar-refractivity contribution in [2.75, 3.05) is 20.2 Å². The summed E-state index contributed by atoms with van der Waals surface area (Å²) in [6.07, 6.45) is -0.0507. The third-order valence-electron chi connectivity index (χ3n) is 4.02. The normalized spacial score (nSPS) is 25.2. The summed E-state index contributed by atoms with van der Waals surface area (Å²) < 4.78 is 4.87. The predicted octanol–water partition coefficient (Wildman–Crippen LogP) is 1.43. The van der Waals surface area contributed by atoms with Gasteiger partial charge in [-0.1, -0.05) is 30.3 Å². The Bertz CT molecular complexity index is 432. The number of aliphatic hydroxyl groups is 1. The molecule has 2 rings (SSSR count). The molecule has 2 unspecified atom stereocenters. The number of likely N-dealkylation sites (tertiary alicyclic amines) is 1. The summed E-state index contributed by atoms with van der Waals surface area (Å²) in [5, 5.41) is 9.96. The van der Waals surface area contributed by atoms with E-state index in [9.17, 15) is 9.90 Å². The highest BCUT2D eigenvalue weighted by molar-refractivity contribution is 5.78. The van der Waals surface area contributed by atoms with Crippen molar-refractivity contribution >= 4 is 5.97 Å². The Hall–Kier alpha value is -1.39. The van der Waals surface area contributed by atoms with Crippen molar-refractivity contribution < 1.29 is 14.6 Å². The van der Waals surface area contributed by atoms with E-state index < -0.39 is 11.5 Å². The van der Waals surface area contributed by atoms with E-state index in [0.717, 1.165) is 13.1 Å². The van der Waals surface area contributed by atoms with Gasteiger partial charge in [0.1, 0.15) is 5.41 Å². The first-order valence-electron chi connectivity index (χ1n) is 6.61. The van der Waals surface area contributed by atoms with E-state index in [-0.39, 0.29) is 5.97 Å². The maximum absolute atomic E-state index is 12.0. The van der Waals surface area contributed by atoms with Gasteiger partial charge in [0.15, 0.2) is 0 Å². The fourth-order valence-corrected chi connectivity index (χ4v) is 2.77. The standard InChI is InChI=1S/C15H21NO3/c1-12(17)15(14(18)19-2)8-9-16(11-15)10-13-6-4-3-5-7-13/h3-7,12,17H,8-11H2,1-2H3. The first-order valence-corrected chi connectivity index (χ1v) is 6.61. The van der Waals surface area contributed by atoms with Crippen LogP contribution in [0.2, 0.25) is 0 Å². The molecule has 1 saturated heterocycles. The van der Waals surface area contributed by atoms with Crippen LogP contribution in [0.1, 0.15) is 18.9 Å².